The van der Waals surface area contributed by atoms with E-state index in [1.165, 1.54) is 5.70 Å². The van der Waals surface area contributed by atoms with Crippen LogP contribution in [0.25, 0.3) is 12.2 Å². The Morgan fingerprint density at radius 1 is 1.00 bits per heavy atom. The van der Waals surface area contributed by atoms with Gasteiger partial charge in [0, 0.05) is 28.9 Å². The molecule has 4 aliphatic rings. The monoisotopic (exact) mass is 314 g/mol. The fraction of sp³-hybridized carbons (Fsp3) is 0.200. The SMILES string of the molecule is C1=CC2=NC1=CC1CC=C(CC3C=CC(=N3)C=c3ccc([nH]3)=C2)N1. The van der Waals surface area contributed by atoms with E-state index in [1.807, 2.05) is 0 Å². The first kappa shape index (κ1) is 13.5. The van der Waals surface area contributed by atoms with Crippen molar-refractivity contribution < 1.29 is 0 Å². The van der Waals surface area contributed by atoms with E-state index in [4.69, 9.17) is 9.98 Å². The molecule has 4 aliphatic heterocycles. The number of aliphatic imine (C=N–C) groups is 2. The van der Waals surface area contributed by atoms with Gasteiger partial charge in [0.05, 0.1) is 23.2 Å². The van der Waals surface area contributed by atoms with Crippen molar-refractivity contribution in [3.05, 3.63) is 70.7 Å². The van der Waals surface area contributed by atoms with E-state index < -0.39 is 0 Å². The van der Waals surface area contributed by atoms with Gasteiger partial charge < -0.3 is 10.3 Å². The van der Waals surface area contributed by atoms with E-state index in [0.29, 0.717) is 6.04 Å². The van der Waals surface area contributed by atoms with Crippen molar-refractivity contribution in [2.75, 3.05) is 0 Å². The first-order valence-electron chi connectivity index (χ1n) is 8.39. The molecule has 0 fully saturated rings. The number of nitrogens with one attached hydrogen (secondary N) is 2. The van der Waals surface area contributed by atoms with Crippen LogP contribution in [0.4, 0.5) is 0 Å². The third kappa shape index (κ3) is 2.60. The summed E-state index contributed by atoms with van der Waals surface area (Å²) in [4.78, 5) is 12.9. The second kappa shape index (κ2) is 5.34. The minimum absolute atomic E-state index is 0.228. The predicted molar refractivity (Wildman–Crippen MR) is 98.2 cm³/mol. The number of nitrogens with zero attached hydrogens (tertiary/aromatic N) is 2. The highest BCUT2D eigenvalue weighted by molar-refractivity contribution is 6.19. The maximum absolute atomic E-state index is 4.80. The van der Waals surface area contributed by atoms with Crippen molar-refractivity contribution in [3.63, 3.8) is 0 Å². The van der Waals surface area contributed by atoms with Gasteiger partial charge in [0.15, 0.2) is 0 Å². The van der Waals surface area contributed by atoms with E-state index >= 15 is 0 Å². The Labute approximate surface area is 140 Å². The van der Waals surface area contributed by atoms with E-state index in [9.17, 15) is 0 Å². The van der Waals surface area contributed by atoms with Crippen LogP contribution in [0.15, 0.2) is 70.0 Å². The standard InChI is InChI=1S/C20H18N4/c1-2-14-10-16-5-6-18(23-16)12-20-8-7-19(24-20)11-17-4-3-15(22-17)9-13(1)21-14/h1-7,9-10,12,17,20-21,24H,8,11H2. The Kier molecular flexibility index (Phi) is 3.01. The summed E-state index contributed by atoms with van der Waals surface area (Å²) in [6.07, 6.45) is 19.0. The summed E-state index contributed by atoms with van der Waals surface area (Å²) in [7, 11) is 0. The minimum Gasteiger partial charge on any atom is -0.382 e. The van der Waals surface area contributed by atoms with Crippen LogP contribution in [0, 0.1) is 0 Å². The van der Waals surface area contributed by atoms with Crippen LogP contribution >= 0.6 is 0 Å². The number of fused-ring (bicyclic) bond motifs is 6. The van der Waals surface area contributed by atoms with Gasteiger partial charge in [-0.25, -0.2) is 4.99 Å². The maximum Gasteiger partial charge on any atom is 0.0745 e. The van der Waals surface area contributed by atoms with Crippen molar-refractivity contribution in [1.82, 2.24) is 10.3 Å². The second-order valence-corrected chi connectivity index (χ2v) is 6.52. The maximum atomic E-state index is 4.80. The molecule has 5 heterocycles. The van der Waals surface area contributed by atoms with Gasteiger partial charge in [0.25, 0.3) is 0 Å². The van der Waals surface area contributed by atoms with Crippen molar-refractivity contribution >= 4 is 23.6 Å². The van der Waals surface area contributed by atoms with Crippen LogP contribution in [-0.2, 0) is 0 Å². The van der Waals surface area contributed by atoms with Crippen molar-refractivity contribution in [3.8, 4) is 0 Å². The van der Waals surface area contributed by atoms with Gasteiger partial charge in [-0.2, -0.15) is 0 Å². The number of hydrogen-bond donors (Lipinski definition) is 2. The molecular weight excluding hydrogens is 296 g/mol. The molecule has 2 N–H and O–H groups in total. The molecule has 2 atom stereocenters. The first-order chi connectivity index (χ1) is 11.8. The molecule has 24 heavy (non-hydrogen) atoms. The molecule has 0 aromatic carbocycles. The van der Waals surface area contributed by atoms with Gasteiger partial charge in [-0.3, -0.25) is 4.99 Å². The largest absolute Gasteiger partial charge is 0.382 e. The van der Waals surface area contributed by atoms with Crippen molar-refractivity contribution in [2.24, 2.45) is 9.98 Å². The summed E-state index contributed by atoms with van der Waals surface area (Å²) in [5.74, 6) is 0. The molecule has 0 amide bonds. The van der Waals surface area contributed by atoms with E-state index in [2.05, 4.69) is 71.0 Å². The fourth-order valence-electron chi connectivity index (χ4n) is 3.48. The normalized spacial score (nSPS) is 26.8. The topological polar surface area (TPSA) is 52.5 Å². The lowest BCUT2D eigenvalue weighted by molar-refractivity contribution is 0.683. The minimum atomic E-state index is 0.228. The highest BCUT2D eigenvalue weighted by Gasteiger charge is 2.19. The molecule has 0 spiro atoms. The van der Waals surface area contributed by atoms with Crippen LogP contribution in [-0.4, -0.2) is 28.5 Å². The smallest absolute Gasteiger partial charge is 0.0745 e. The van der Waals surface area contributed by atoms with Gasteiger partial charge in [0.1, 0.15) is 0 Å². The molecule has 0 saturated carbocycles. The van der Waals surface area contributed by atoms with Gasteiger partial charge in [-0.15, -0.1) is 0 Å². The summed E-state index contributed by atoms with van der Waals surface area (Å²) in [6, 6.07) is 4.71. The molecule has 4 nitrogen and oxygen atoms in total. The number of allylic oxidation sites excluding steroid dienone is 3. The average molecular weight is 314 g/mol. The number of H-pyrrole nitrogens is 1. The molecule has 5 rings (SSSR count). The van der Waals surface area contributed by atoms with E-state index in [1.54, 1.807) is 0 Å². The number of aromatic amines is 1. The van der Waals surface area contributed by atoms with E-state index in [0.717, 1.165) is 40.7 Å². The molecule has 8 bridgehead atoms. The lowest BCUT2D eigenvalue weighted by atomic mass is 10.2. The molecule has 1 aromatic rings. The van der Waals surface area contributed by atoms with Crippen LogP contribution in [0.3, 0.4) is 0 Å². The third-order valence-corrected chi connectivity index (χ3v) is 4.61. The highest BCUT2D eigenvalue weighted by atomic mass is 15.0. The molecule has 4 heteroatoms. The molecule has 1 aromatic heterocycles. The summed E-state index contributed by atoms with van der Waals surface area (Å²) >= 11 is 0. The second-order valence-electron chi connectivity index (χ2n) is 6.52. The lowest BCUT2D eigenvalue weighted by Crippen LogP contribution is -2.22. The number of aromatic nitrogens is 1. The Hall–Kier alpha value is -2.88. The zero-order chi connectivity index (χ0) is 15.9. The van der Waals surface area contributed by atoms with Gasteiger partial charge >= 0.3 is 0 Å². The molecule has 118 valence electrons. The molecule has 0 radical (unpaired) electrons. The zero-order valence-corrected chi connectivity index (χ0v) is 13.2. The van der Waals surface area contributed by atoms with E-state index in [-0.39, 0.29) is 6.04 Å². The van der Waals surface area contributed by atoms with Gasteiger partial charge in [0.2, 0.25) is 0 Å². The zero-order valence-electron chi connectivity index (χ0n) is 13.2. The first-order valence-corrected chi connectivity index (χ1v) is 8.39. The van der Waals surface area contributed by atoms with Crippen LogP contribution in [0.2, 0.25) is 0 Å². The predicted octanol–water partition coefficient (Wildman–Crippen LogP) is 1.50. The summed E-state index contributed by atoms with van der Waals surface area (Å²) in [5, 5.41) is 5.71. The lowest BCUT2D eigenvalue weighted by Gasteiger charge is -2.11. The van der Waals surface area contributed by atoms with Gasteiger partial charge in [-0.05, 0) is 55.0 Å². The van der Waals surface area contributed by atoms with Crippen LogP contribution < -0.4 is 16.0 Å². The fourth-order valence-corrected chi connectivity index (χ4v) is 3.48. The van der Waals surface area contributed by atoms with Crippen molar-refractivity contribution in [2.45, 2.75) is 24.9 Å². The molecular formula is C20H18N4. The van der Waals surface area contributed by atoms with Gasteiger partial charge in [-0.1, -0.05) is 12.2 Å². The summed E-state index contributed by atoms with van der Waals surface area (Å²) in [6.45, 7) is 0. The Bertz CT molecular complexity index is 995. The van der Waals surface area contributed by atoms with Crippen LogP contribution in [0.5, 0.6) is 0 Å². The summed E-state index contributed by atoms with van der Waals surface area (Å²) in [5.41, 5.74) is 4.31. The number of hydrogen-bond acceptors (Lipinski definition) is 3. The molecule has 0 aliphatic carbocycles. The molecule has 0 saturated heterocycles. The summed E-state index contributed by atoms with van der Waals surface area (Å²) < 4.78 is 0. The molecule has 2 unspecified atom stereocenters. The quantitative estimate of drug-likeness (QED) is 0.749. The third-order valence-electron chi connectivity index (χ3n) is 4.61. The Morgan fingerprint density at radius 3 is 2.79 bits per heavy atom. The number of rotatable bonds is 0. The van der Waals surface area contributed by atoms with Crippen molar-refractivity contribution in [1.29, 1.82) is 0 Å². The Balaban J connectivity index is 1.60. The average Bonchev–Trinajstić information content (AvgIpc) is 3.32. The Morgan fingerprint density at radius 2 is 1.88 bits per heavy atom. The highest BCUT2D eigenvalue weighted by Crippen LogP contribution is 2.21. The van der Waals surface area contributed by atoms with Crippen LogP contribution in [0.1, 0.15) is 12.8 Å².